The lowest BCUT2D eigenvalue weighted by Crippen LogP contribution is -2.41. The number of thiocarbonyl (C=S) groups is 1. The molecule has 0 unspecified atom stereocenters. The van der Waals surface area contributed by atoms with E-state index in [2.05, 4.69) is 0 Å². The van der Waals surface area contributed by atoms with Crippen molar-refractivity contribution in [1.82, 2.24) is 9.44 Å². The molecule has 0 bridgehead atoms. The van der Waals surface area contributed by atoms with E-state index in [9.17, 15) is 21.6 Å². The van der Waals surface area contributed by atoms with E-state index < -0.39 is 22.9 Å². The summed E-state index contributed by atoms with van der Waals surface area (Å²) in [5.41, 5.74) is 6.48. The van der Waals surface area contributed by atoms with Crippen LogP contribution in [0.5, 0.6) is 0 Å². The molecular formula is C10H12F3N3O2S2. The van der Waals surface area contributed by atoms with Crippen LogP contribution in [0.15, 0.2) is 24.3 Å². The molecule has 20 heavy (non-hydrogen) atoms. The molecule has 112 valence electrons. The Labute approximate surface area is 119 Å². The first-order chi connectivity index (χ1) is 9.09. The number of rotatable bonds is 6. The Bertz CT molecular complexity index is 588. The predicted molar refractivity (Wildman–Crippen MR) is 72.1 cm³/mol. The van der Waals surface area contributed by atoms with E-state index in [1.165, 1.54) is 4.72 Å². The fraction of sp³-hybridized carbons (Fsp3) is 0.300. The van der Waals surface area contributed by atoms with Gasteiger partial charge < -0.3 is 5.73 Å². The zero-order valence-corrected chi connectivity index (χ0v) is 11.7. The summed E-state index contributed by atoms with van der Waals surface area (Å²) >= 11 is 4.76. The van der Waals surface area contributed by atoms with E-state index >= 15 is 0 Å². The van der Waals surface area contributed by atoms with Crippen molar-refractivity contribution in [1.29, 1.82) is 0 Å². The first-order valence-corrected chi connectivity index (χ1v) is 7.18. The van der Waals surface area contributed by atoms with Gasteiger partial charge in [0.05, 0.1) is 0 Å². The minimum absolute atomic E-state index is 0.143. The van der Waals surface area contributed by atoms with E-state index in [4.69, 9.17) is 18.0 Å². The maximum absolute atomic E-state index is 11.9. The van der Waals surface area contributed by atoms with Crippen molar-refractivity contribution in [3.05, 3.63) is 35.4 Å². The van der Waals surface area contributed by atoms with Crippen molar-refractivity contribution in [3.8, 4) is 0 Å². The van der Waals surface area contributed by atoms with Gasteiger partial charge in [0.1, 0.15) is 11.5 Å². The fourth-order valence-electron chi connectivity index (χ4n) is 1.24. The molecule has 0 atom stereocenters. The molecule has 0 fully saturated rings. The smallest absolute Gasteiger partial charge is 0.389 e. The van der Waals surface area contributed by atoms with Gasteiger partial charge in [-0.3, -0.25) is 0 Å². The highest BCUT2D eigenvalue weighted by molar-refractivity contribution is 7.87. The van der Waals surface area contributed by atoms with Crippen molar-refractivity contribution >= 4 is 27.4 Å². The average molecular weight is 327 g/mol. The van der Waals surface area contributed by atoms with Gasteiger partial charge in [-0.25, -0.2) is 0 Å². The number of hydrogen-bond acceptors (Lipinski definition) is 3. The highest BCUT2D eigenvalue weighted by Gasteiger charge is 2.29. The van der Waals surface area contributed by atoms with Crippen LogP contribution < -0.4 is 15.2 Å². The normalized spacial score (nSPS) is 12.3. The van der Waals surface area contributed by atoms with Crippen LogP contribution in [-0.2, 0) is 16.8 Å². The maximum atomic E-state index is 11.9. The molecule has 1 rings (SSSR count). The average Bonchev–Trinajstić information content (AvgIpc) is 2.34. The van der Waals surface area contributed by atoms with E-state index in [1.807, 2.05) is 4.72 Å². The molecular weight excluding hydrogens is 315 g/mol. The Morgan fingerprint density at radius 1 is 1.30 bits per heavy atom. The van der Waals surface area contributed by atoms with Gasteiger partial charge in [0, 0.05) is 12.1 Å². The Hall–Kier alpha value is -1.23. The Morgan fingerprint density at radius 3 is 2.50 bits per heavy atom. The minimum Gasteiger partial charge on any atom is -0.389 e. The second kappa shape index (κ2) is 6.48. The van der Waals surface area contributed by atoms with Gasteiger partial charge in [-0.15, -0.1) is 0 Å². The largest absolute Gasteiger partial charge is 0.402 e. The van der Waals surface area contributed by atoms with Gasteiger partial charge >= 0.3 is 6.18 Å². The molecule has 0 radical (unpaired) electrons. The highest BCUT2D eigenvalue weighted by atomic mass is 32.2. The first kappa shape index (κ1) is 16.8. The van der Waals surface area contributed by atoms with E-state index in [-0.39, 0.29) is 11.5 Å². The van der Waals surface area contributed by atoms with Crippen molar-refractivity contribution in [2.75, 3.05) is 6.54 Å². The molecule has 0 amide bonds. The molecule has 0 heterocycles. The molecule has 0 aliphatic rings. The summed E-state index contributed by atoms with van der Waals surface area (Å²) in [5.74, 6) is 0. The molecule has 10 heteroatoms. The SMILES string of the molecule is NC(=S)c1cccc(CNS(=O)(=O)NCC(F)(F)F)c1. The van der Waals surface area contributed by atoms with Crippen LogP contribution >= 0.6 is 12.2 Å². The third-order valence-corrected chi connectivity index (χ3v) is 3.42. The molecule has 0 saturated carbocycles. The minimum atomic E-state index is -4.61. The number of benzene rings is 1. The fourth-order valence-corrected chi connectivity index (χ4v) is 2.18. The molecule has 0 aliphatic heterocycles. The van der Waals surface area contributed by atoms with E-state index in [0.717, 1.165) is 0 Å². The lowest BCUT2D eigenvalue weighted by Gasteiger charge is -2.10. The van der Waals surface area contributed by atoms with Crippen LogP contribution in [0.25, 0.3) is 0 Å². The van der Waals surface area contributed by atoms with Crippen LogP contribution in [0.4, 0.5) is 13.2 Å². The predicted octanol–water partition coefficient (Wildman–Crippen LogP) is 0.807. The third kappa shape index (κ3) is 6.28. The Balaban J connectivity index is 2.62. The van der Waals surface area contributed by atoms with Gasteiger partial charge in [-0.2, -0.15) is 31.0 Å². The molecule has 0 aliphatic carbocycles. The Kier molecular flexibility index (Phi) is 5.45. The van der Waals surface area contributed by atoms with Crippen LogP contribution in [0.2, 0.25) is 0 Å². The van der Waals surface area contributed by atoms with Crippen molar-refractivity contribution < 1.29 is 21.6 Å². The molecule has 1 aromatic rings. The second-order valence-corrected chi connectivity index (χ2v) is 5.85. The van der Waals surface area contributed by atoms with E-state index in [1.54, 1.807) is 24.3 Å². The lowest BCUT2D eigenvalue weighted by atomic mass is 10.1. The number of halogens is 3. The first-order valence-electron chi connectivity index (χ1n) is 5.29. The summed E-state index contributed by atoms with van der Waals surface area (Å²) in [5, 5.41) is 0. The zero-order valence-electron chi connectivity index (χ0n) is 10.1. The molecule has 0 spiro atoms. The van der Waals surface area contributed by atoms with Gasteiger partial charge in [0.2, 0.25) is 0 Å². The summed E-state index contributed by atoms with van der Waals surface area (Å²) in [6, 6.07) is 6.40. The number of nitrogens with two attached hydrogens (primary N) is 1. The lowest BCUT2D eigenvalue weighted by molar-refractivity contribution is -0.121. The molecule has 4 N–H and O–H groups in total. The maximum Gasteiger partial charge on any atom is 0.402 e. The third-order valence-electron chi connectivity index (χ3n) is 2.14. The van der Waals surface area contributed by atoms with Crippen molar-refractivity contribution in [3.63, 3.8) is 0 Å². The van der Waals surface area contributed by atoms with Crippen molar-refractivity contribution in [2.45, 2.75) is 12.7 Å². The van der Waals surface area contributed by atoms with Crippen molar-refractivity contribution in [2.24, 2.45) is 5.73 Å². The van der Waals surface area contributed by atoms with Crippen LogP contribution in [-0.4, -0.2) is 26.1 Å². The van der Waals surface area contributed by atoms with Crippen LogP contribution in [0.3, 0.4) is 0 Å². The van der Waals surface area contributed by atoms with Crippen LogP contribution in [0.1, 0.15) is 11.1 Å². The molecule has 0 saturated heterocycles. The van der Waals surface area contributed by atoms with E-state index in [0.29, 0.717) is 11.1 Å². The summed E-state index contributed by atoms with van der Waals surface area (Å²) in [7, 11) is -4.23. The molecule has 5 nitrogen and oxygen atoms in total. The van der Waals surface area contributed by atoms with Gasteiger partial charge in [-0.1, -0.05) is 30.4 Å². The summed E-state index contributed by atoms with van der Waals surface area (Å²) in [6.07, 6.45) is -4.61. The zero-order chi connectivity index (χ0) is 15.4. The summed E-state index contributed by atoms with van der Waals surface area (Å²) in [4.78, 5) is 0.143. The number of hydrogen-bond donors (Lipinski definition) is 3. The Morgan fingerprint density at radius 2 is 1.95 bits per heavy atom. The summed E-state index contributed by atoms with van der Waals surface area (Å²) in [6.45, 7) is -1.81. The highest BCUT2D eigenvalue weighted by Crippen LogP contribution is 2.12. The number of alkyl halides is 3. The topological polar surface area (TPSA) is 84.2 Å². The van der Waals surface area contributed by atoms with Crippen LogP contribution in [0, 0.1) is 0 Å². The molecule has 0 aromatic heterocycles. The summed E-state index contributed by atoms with van der Waals surface area (Å²) < 4.78 is 61.7. The van der Waals surface area contributed by atoms with Gasteiger partial charge in [0.15, 0.2) is 0 Å². The quantitative estimate of drug-likeness (QED) is 0.675. The number of nitrogens with one attached hydrogen (secondary N) is 2. The molecule has 1 aromatic carbocycles. The second-order valence-electron chi connectivity index (χ2n) is 3.83. The standard InChI is InChI=1S/C10H12F3N3O2S2/c11-10(12,13)6-16-20(17,18)15-5-7-2-1-3-8(4-7)9(14)19/h1-4,15-16H,5-6H2,(H2,14,19). The van der Waals surface area contributed by atoms with Gasteiger partial charge in [0.25, 0.3) is 10.2 Å². The monoisotopic (exact) mass is 327 g/mol. The van der Waals surface area contributed by atoms with Gasteiger partial charge in [-0.05, 0) is 11.6 Å².